The van der Waals surface area contributed by atoms with Crippen molar-refractivity contribution in [1.29, 1.82) is 0 Å². The van der Waals surface area contributed by atoms with E-state index in [1.54, 1.807) is 6.33 Å². The van der Waals surface area contributed by atoms with Crippen molar-refractivity contribution in [3.63, 3.8) is 0 Å². The first-order valence-electron chi connectivity index (χ1n) is 11.5. The van der Waals surface area contributed by atoms with Gasteiger partial charge < -0.3 is 4.90 Å². The topological polar surface area (TPSA) is 50.1 Å². The third kappa shape index (κ3) is 3.91. The lowest BCUT2D eigenvalue weighted by Crippen LogP contribution is -2.49. The molecule has 0 atom stereocenters. The van der Waals surface area contributed by atoms with Gasteiger partial charge in [0.15, 0.2) is 5.65 Å². The van der Waals surface area contributed by atoms with Gasteiger partial charge in [0.25, 0.3) is 0 Å². The monoisotopic (exact) mass is 391 g/mol. The molecule has 2 fully saturated rings. The minimum Gasteiger partial charge on any atom is -0.304 e. The number of likely N-dealkylation sites (N-methyl/N-ethyl adjacent to an activating group) is 1. The van der Waals surface area contributed by atoms with Crippen molar-refractivity contribution >= 4 is 11.0 Å². The van der Waals surface area contributed by atoms with E-state index < -0.39 is 0 Å². The van der Waals surface area contributed by atoms with Crippen LogP contribution < -0.4 is 0 Å². The van der Waals surface area contributed by atoms with Crippen LogP contribution in [0.5, 0.6) is 0 Å². The van der Waals surface area contributed by atoms with Gasteiger partial charge in [-0.2, -0.15) is 5.10 Å². The summed E-state index contributed by atoms with van der Waals surface area (Å²) in [5.74, 6) is 0. The Morgan fingerprint density at radius 1 is 1.00 bits per heavy atom. The highest BCUT2D eigenvalue weighted by Gasteiger charge is 2.30. The molecule has 0 amide bonds. The zero-order valence-corrected chi connectivity index (χ0v) is 17.0. The maximum Gasteiger partial charge on any atom is 0.161 e. The van der Waals surface area contributed by atoms with Gasteiger partial charge in [-0.3, -0.25) is 4.90 Å². The zero-order valence-electron chi connectivity index (χ0n) is 18.0. The summed E-state index contributed by atoms with van der Waals surface area (Å²) in [7, 11) is 0.431. The lowest BCUT2D eigenvalue weighted by molar-refractivity contribution is 0.0814. The fraction of sp³-hybridized carbons (Fsp3) is 0.522. The van der Waals surface area contributed by atoms with Crippen molar-refractivity contribution in [2.75, 3.05) is 33.2 Å². The first-order chi connectivity index (χ1) is 14.8. The van der Waals surface area contributed by atoms with Crippen LogP contribution in [0.15, 0.2) is 42.9 Å². The largest absolute Gasteiger partial charge is 0.304 e. The summed E-state index contributed by atoms with van der Waals surface area (Å²) >= 11 is 0. The van der Waals surface area contributed by atoms with E-state index in [1.807, 2.05) is 6.20 Å². The van der Waals surface area contributed by atoms with Crippen LogP contribution in [0, 0.1) is 0 Å². The van der Waals surface area contributed by atoms with E-state index >= 15 is 0 Å². The van der Waals surface area contributed by atoms with Gasteiger partial charge in [0.2, 0.25) is 0 Å². The summed E-state index contributed by atoms with van der Waals surface area (Å²) in [5, 5.41) is 6.12. The van der Waals surface area contributed by atoms with E-state index in [-0.39, 0.29) is 0 Å². The molecule has 29 heavy (non-hydrogen) atoms. The van der Waals surface area contributed by atoms with Crippen molar-refractivity contribution in [3.8, 4) is 0 Å². The Morgan fingerprint density at radius 3 is 2.52 bits per heavy atom. The number of nitrogens with zero attached hydrogens (tertiary/aromatic N) is 6. The molecular weight excluding hydrogens is 360 g/mol. The third-order valence-electron chi connectivity index (χ3n) is 6.60. The maximum atomic E-state index is 7.56. The Kier molecular flexibility index (Phi) is 4.96. The van der Waals surface area contributed by atoms with Gasteiger partial charge in [-0.15, -0.1) is 0 Å². The van der Waals surface area contributed by atoms with E-state index in [2.05, 4.69) is 54.8 Å². The van der Waals surface area contributed by atoms with E-state index in [1.165, 1.54) is 18.4 Å². The summed E-state index contributed by atoms with van der Waals surface area (Å²) in [6.45, 7) is 4.28. The van der Waals surface area contributed by atoms with Crippen LogP contribution in [0.1, 0.15) is 44.4 Å². The van der Waals surface area contributed by atoms with Crippen LogP contribution in [-0.4, -0.2) is 68.8 Å². The molecule has 1 aliphatic carbocycles. The van der Waals surface area contributed by atoms with Gasteiger partial charge in [0.05, 0.1) is 17.1 Å². The molecule has 1 saturated carbocycles. The Hall–Kier alpha value is -2.31. The molecule has 3 aromatic rings. The normalized spacial score (nSPS) is 24.6. The number of piperazine rings is 1. The van der Waals surface area contributed by atoms with E-state index in [0.29, 0.717) is 19.1 Å². The first-order valence-corrected chi connectivity index (χ1v) is 10.8. The maximum absolute atomic E-state index is 7.56. The summed E-state index contributed by atoms with van der Waals surface area (Å²) in [6, 6.07) is 11.6. The minimum absolute atomic E-state index is 0.415. The number of hydrogen-bond acceptors (Lipinski definition) is 5. The Morgan fingerprint density at radius 2 is 1.76 bits per heavy atom. The summed E-state index contributed by atoms with van der Waals surface area (Å²) in [6.07, 6.45) is 9.10. The molecule has 0 radical (unpaired) electrons. The van der Waals surface area contributed by atoms with Crippen LogP contribution in [0.3, 0.4) is 0 Å². The molecule has 1 aromatic carbocycles. The minimum atomic E-state index is 0.415. The average Bonchev–Trinajstić information content (AvgIpc) is 3.18. The highest BCUT2D eigenvalue weighted by Crippen LogP contribution is 2.33. The fourth-order valence-electron chi connectivity index (χ4n) is 4.91. The molecule has 2 aromatic heterocycles. The second-order valence-electron chi connectivity index (χ2n) is 8.43. The number of fused-ring (bicyclic) bond motifs is 1. The predicted octanol–water partition coefficient (Wildman–Crippen LogP) is 3.15. The highest BCUT2D eigenvalue weighted by molar-refractivity contribution is 5.77. The molecule has 1 saturated heterocycles. The van der Waals surface area contributed by atoms with Gasteiger partial charge in [-0.05, 0) is 38.3 Å². The molecule has 2 aliphatic rings. The van der Waals surface area contributed by atoms with Crippen LogP contribution in [-0.2, 0) is 6.42 Å². The van der Waals surface area contributed by atoms with Crippen molar-refractivity contribution < 1.29 is 1.37 Å². The molecule has 0 bridgehead atoms. The van der Waals surface area contributed by atoms with Gasteiger partial charge in [0, 0.05) is 46.2 Å². The average molecular weight is 392 g/mol. The molecule has 152 valence electrons. The quantitative estimate of drug-likeness (QED) is 0.684. The first kappa shape index (κ1) is 17.5. The Labute approximate surface area is 174 Å². The van der Waals surface area contributed by atoms with Gasteiger partial charge >= 0.3 is 0 Å². The smallest absolute Gasteiger partial charge is 0.161 e. The van der Waals surface area contributed by atoms with Crippen molar-refractivity contribution in [2.24, 2.45) is 0 Å². The molecule has 0 unspecified atom stereocenters. The van der Waals surface area contributed by atoms with Gasteiger partial charge in [-0.1, -0.05) is 30.3 Å². The summed E-state index contributed by atoms with van der Waals surface area (Å²) in [5.41, 5.74) is 3.32. The third-order valence-corrected chi connectivity index (χ3v) is 6.60. The van der Waals surface area contributed by atoms with Gasteiger partial charge in [0.1, 0.15) is 6.33 Å². The van der Waals surface area contributed by atoms with Crippen molar-refractivity contribution in [1.82, 2.24) is 29.5 Å². The molecule has 0 N–H and O–H groups in total. The van der Waals surface area contributed by atoms with Crippen molar-refractivity contribution in [2.45, 2.75) is 44.2 Å². The highest BCUT2D eigenvalue weighted by atomic mass is 15.3. The molecular formula is C23H30N6. The summed E-state index contributed by atoms with van der Waals surface area (Å²) in [4.78, 5) is 13.7. The second-order valence-corrected chi connectivity index (χ2v) is 8.43. The second kappa shape index (κ2) is 8.20. The number of benzene rings is 1. The van der Waals surface area contributed by atoms with Crippen LogP contribution in [0.25, 0.3) is 11.0 Å². The predicted molar refractivity (Wildman–Crippen MR) is 115 cm³/mol. The zero-order chi connectivity index (χ0) is 20.3. The molecule has 6 heteroatoms. The van der Waals surface area contributed by atoms with Crippen LogP contribution >= 0.6 is 0 Å². The summed E-state index contributed by atoms with van der Waals surface area (Å²) < 4.78 is 9.74. The molecule has 0 spiro atoms. The van der Waals surface area contributed by atoms with Gasteiger partial charge in [-0.25, -0.2) is 14.6 Å². The van der Waals surface area contributed by atoms with E-state index in [9.17, 15) is 0 Å². The number of aromatic nitrogens is 4. The molecule has 3 heterocycles. The number of rotatable bonds is 4. The van der Waals surface area contributed by atoms with E-state index in [4.69, 9.17) is 6.47 Å². The molecule has 1 aliphatic heterocycles. The molecule has 6 nitrogen and oxygen atoms in total. The van der Waals surface area contributed by atoms with E-state index in [0.717, 1.165) is 62.2 Å². The number of hydrogen-bond donors (Lipinski definition) is 0. The SMILES string of the molecule is [2H]CN1CCN(C2CCC(n3nc(Cc4ccccc4)c4cncnc43)CC2)CC1. The standard InChI is InChI=1S/C23H30N6/c1-27-11-13-28(14-12-27)19-7-9-20(10-8-19)29-23-21(16-24-17-25-23)22(26-29)15-18-5-3-2-4-6-18/h2-6,16-17,19-20H,7-15H2,1H3/i1D. The van der Waals surface area contributed by atoms with Crippen LogP contribution in [0.4, 0.5) is 0 Å². The van der Waals surface area contributed by atoms with Crippen molar-refractivity contribution in [3.05, 3.63) is 54.1 Å². The van der Waals surface area contributed by atoms with Crippen LogP contribution in [0.2, 0.25) is 0 Å². The lowest BCUT2D eigenvalue weighted by Gasteiger charge is -2.41. The Bertz CT molecular complexity index is 958. The lowest BCUT2D eigenvalue weighted by atomic mass is 9.90. The Balaban J connectivity index is 1.30. The fourth-order valence-corrected chi connectivity index (χ4v) is 4.91. The molecule has 5 rings (SSSR count).